The Balaban J connectivity index is 1.60. The van der Waals surface area contributed by atoms with Gasteiger partial charge in [-0.25, -0.2) is 10.2 Å². The van der Waals surface area contributed by atoms with E-state index in [1.807, 2.05) is 6.92 Å². The van der Waals surface area contributed by atoms with Crippen LogP contribution in [-0.4, -0.2) is 31.3 Å². The number of rotatable bonds is 9. The number of para-hydroxylation sites is 1. The predicted octanol–water partition coefficient (Wildman–Crippen LogP) is 5.25. The second-order valence-electron chi connectivity index (χ2n) is 6.55. The minimum atomic E-state index is -0.504. The van der Waals surface area contributed by atoms with Crippen LogP contribution in [0, 0.1) is 0 Å². The van der Waals surface area contributed by atoms with Crippen LogP contribution in [0.4, 0.5) is 0 Å². The Bertz CT molecular complexity index is 1150. The van der Waals surface area contributed by atoms with Gasteiger partial charge in [-0.05, 0) is 67.1 Å². The summed E-state index contributed by atoms with van der Waals surface area (Å²) in [5, 5.41) is 4.33. The maximum atomic E-state index is 12.4. The van der Waals surface area contributed by atoms with Crippen LogP contribution in [0.1, 0.15) is 22.8 Å². The number of ether oxygens (including phenoxy) is 3. The molecule has 1 amide bonds. The maximum absolute atomic E-state index is 12.4. The van der Waals surface area contributed by atoms with Gasteiger partial charge in [-0.1, -0.05) is 39.7 Å². The molecule has 0 aliphatic rings. The first kappa shape index (κ1) is 24.3. The summed E-state index contributed by atoms with van der Waals surface area (Å²) in [7, 11) is 0. The van der Waals surface area contributed by atoms with Crippen LogP contribution in [0.25, 0.3) is 0 Å². The molecule has 3 aromatic rings. The van der Waals surface area contributed by atoms with Crippen molar-refractivity contribution in [1.82, 2.24) is 5.43 Å². The number of hydrazone groups is 1. The van der Waals surface area contributed by atoms with E-state index < -0.39 is 11.9 Å². The molecule has 0 spiro atoms. The summed E-state index contributed by atoms with van der Waals surface area (Å²) in [4.78, 5) is 24.4. The van der Waals surface area contributed by atoms with Crippen molar-refractivity contribution in [2.45, 2.75) is 6.92 Å². The van der Waals surface area contributed by atoms with Crippen molar-refractivity contribution in [3.8, 4) is 17.2 Å². The third kappa shape index (κ3) is 7.34. The molecule has 170 valence electrons. The van der Waals surface area contributed by atoms with Gasteiger partial charge in [-0.15, -0.1) is 0 Å². The maximum Gasteiger partial charge on any atom is 0.343 e. The molecule has 0 bridgehead atoms. The fourth-order valence-electron chi connectivity index (χ4n) is 2.62. The fraction of sp³-hybridized carbons (Fsp3) is 0.125. The molecule has 0 saturated carbocycles. The molecule has 0 heterocycles. The van der Waals surface area contributed by atoms with Crippen molar-refractivity contribution >= 4 is 45.6 Å². The van der Waals surface area contributed by atoms with Gasteiger partial charge in [0.2, 0.25) is 0 Å². The highest BCUT2D eigenvalue weighted by atomic mass is 79.9. The minimum absolute atomic E-state index is 0.240. The molecular formula is C24H20BrClN2O5. The highest BCUT2D eigenvalue weighted by Gasteiger charge is 2.13. The zero-order valence-electron chi connectivity index (χ0n) is 17.6. The van der Waals surface area contributed by atoms with Crippen LogP contribution >= 0.6 is 27.5 Å². The third-order valence-electron chi connectivity index (χ3n) is 4.15. The number of nitrogens with one attached hydrogen (secondary N) is 1. The number of amides is 1. The number of hydrogen-bond donors (Lipinski definition) is 1. The summed E-state index contributed by atoms with van der Waals surface area (Å²) in [6, 6.07) is 18.6. The molecule has 3 aromatic carbocycles. The first-order valence-corrected chi connectivity index (χ1v) is 11.1. The SMILES string of the molecule is CCOc1cc(C=NNC(=O)COc2ccccc2Cl)ccc1OC(=O)c1ccc(Br)cc1. The van der Waals surface area contributed by atoms with Crippen LogP contribution in [0.5, 0.6) is 17.2 Å². The van der Waals surface area contributed by atoms with Crippen molar-refractivity contribution < 1.29 is 23.8 Å². The number of benzene rings is 3. The summed E-state index contributed by atoms with van der Waals surface area (Å²) >= 11 is 9.32. The quantitative estimate of drug-likeness (QED) is 0.176. The lowest BCUT2D eigenvalue weighted by Gasteiger charge is -2.11. The van der Waals surface area contributed by atoms with E-state index >= 15 is 0 Å². The number of carbonyl (C=O) groups excluding carboxylic acids is 2. The Labute approximate surface area is 204 Å². The molecule has 0 aliphatic carbocycles. The molecule has 0 saturated heterocycles. The molecule has 1 N–H and O–H groups in total. The molecule has 0 aliphatic heterocycles. The molecule has 0 radical (unpaired) electrons. The minimum Gasteiger partial charge on any atom is -0.490 e. The molecule has 7 nitrogen and oxygen atoms in total. The summed E-state index contributed by atoms with van der Waals surface area (Å²) in [5.41, 5.74) is 3.42. The normalized spacial score (nSPS) is 10.6. The lowest BCUT2D eigenvalue weighted by molar-refractivity contribution is -0.123. The van der Waals surface area contributed by atoms with E-state index in [0.717, 1.165) is 4.47 Å². The number of carbonyl (C=O) groups is 2. The zero-order chi connectivity index (χ0) is 23.6. The second kappa shape index (κ2) is 12.0. The summed E-state index contributed by atoms with van der Waals surface area (Å²) in [5.74, 6) is 0.110. The molecule has 0 fully saturated rings. The van der Waals surface area contributed by atoms with E-state index in [2.05, 4.69) is 26.5 Å². The Kier molecular flexibility index (Phi) is 8.86. The van der Waals surface area contributed by atoms with Crippen molar-refractivity contribution in [2.75, 3.05) is 13.2 Å². The molecule has 0 unspecified atom stereocenters. The summed E-state index contributed by atoms with van der Waals surface area (Å²) < 4.78 is 17.3. The van der Waals surface area contributed by atoms with Crippen LogP contribution in [-0.2, 0) is 4.79 Å². The Morgan fingerprint density at radius 3 is 2.48 bits per heavy atom. The Morgan fingerprint density at radius 1 is 1.00 bits per heavy atom. The molecule has 9 heteroatoms. The third-order valence-corrected chi connectivity index (χ3v) is 4.99. The standard InChI is InChI=1S/C24H20BrClN2O5/c1-2-31-22-13-16(7-12-21(22)33-24(30)17-8-10-18(25)11-9-17)14-27-28-23(29)15-32-20-6-4-3-5-19(20)26/h3-14H,2,15H2,1H3,(H,28,29). The second-order valence-corrected chi connectivity index (χ2v) is 7.87. The van der Waals surface area contributed by atoms with Gasteiger partial charge in [0, 0.05) is 4.47 Å². The topological polar surface area (TPSA) is 86.2 Å². The van der Waals surface area contributed by atoms with E-state index in [1.54, 1.807) is 66.7 Å². The Morgan fingerprint density at radius 2 is 1.76 bits per heavy atom. The van der Waals surface area contributed by atoms with Crippen LogP contribution in [0.3, 0.4) is 0 Å². The van der Waals surface area contributed by atoms with E-state index in [0.29, 0.717) is 34.3 Å². The zero-order valence-corrected chi connectivity index (χ0v) is 19.9. The van der Waals surface area contributed by atoms with E-state index in [4.69, 9.17) is 25.8 Å². The summed E-state index contributed by atoms with van der Waals surface area (Å²) in [6.45, 7) is 1.95. The van der Waals surface area contributed by atoms with Gasteiger partial charge in [0.25, 0.3) is 5.91 Å². The number of hydrogen-bond acceptors (Lipinski definition) is 6. The van der Waals surface area contributed by atoms with Crippen molar-refractivity contribution in [3.63, 3.8) is 0 Å². The molecule has 0 atom stereocenters. The molecule has 0 aromatic heterocycles. The van der Waals surface area contributed by atoms with Gasteiger partial charge < -0.3 is 14.2 Å². The smallest absolute Gasteiger partial charge is 0.343 e. The Hall–Kier alpha value is -3.36. The van der Waals surface area contributed by atoms with E-state index in [9.17, 15) is 9.59 Å². The fourth-order valence-corrected chi connectivity index (χ4v) is 3.07. The highest BCUT2D eigenvalue weighted by molar-refractivity contribution is 9.10. The van der Waals surface area contributed by atoms with Crippen molar-refractivity contribution in [1.29, 1.82) is 0 Å². The summed E-state index contributed by atoms with van der Waals surface area (Å²) in [6.07, 6.45) is 1.44. The first-order chi connectivity index (χ1) is 16.0. The van der Waals surface area contributed by atoms with Crippen molar-refractivity contribution in [3.05, 3.63) is 87.4 Å². The molecule has 3 rings (SSSR count). The molecule has 33 heavy (non-hydrogen) atoms. The van der Waals surface area contributed by atoms with E-state index in [1.165, 1.54) is 6.21 Å². The van der Waals surface area contributed by atoms with Gasteiger partial charge >= 0.3 is 5.97 Å². The van der Waals surface area contributed by atoms with Gasteiger partial charge in [0.1, 0.15) is 5.75 Å². The lowest BCUT2D eigenvalue weighted by Crippen LogP contribution is -2.24. The number of esters is 1. The molecular weight excluding hydrogens is 512 g/mol. The van der Waals surface area contributed by atoms with Crippen LogP contribution < -0.4 is 19.6 Å². The van der Waals surface area contributed by atoms with Gasteiger partial charge in [-0.2, -0.15) is 5.10 Å². The van der Waals surface area contributed by atoms with Gasteiger partial charge in [0.15, 0.2) is 18.1 Å². The monoisotopic (exact) mass is 530 g/mol. The van der Waals surface area contributed by atoms with E-state index in [-0.39, 0.29) is 12.4 Å². The highest BCUT2D eigenvalue weighted by Crippen LogP contribution is 2.29. The number of halogens is 2. The van der Waals surface area contributed by atoms with Crippen LogP contribution in [0.2, 0.25) is 5.02 Å². The van der Waals surface area contributed by atoms with Crippen LogP contribution in [0.15, 0.2) is 76.3 Å². The average molecular weight is 532 g/mol. The lowest BCUT2D eigenvalue weighted by atomic mass is 10.2. The largest absolute Gasteiger partial charge is 0.490 e. The predicted molar refractivity (Wildman–Crippen MR) is 129 cm³/mol. The van der Waals surface area contributed by atoms with Gasteiger partial charge in [-0.3, -0.25) is 4.79 Å². The number of nitrogens with zero attached hydrogens (tertiary/aromatic N) is 1. The first-order valence-electron chi connectivity index (χ1n) is 9.90. The van der Waals surface area contributed by atoms with Crippen molar-refractivity contribution in [2.24, 2.45) is 5.10 Å². The average Bonchev–Trinajstić information content (AvgIpc) is 2.80. The van der Waals surface area contributed by atoms with Gasteiger partial charge in [0.05, 0.1) is 23.4 Å².